The van der Waals surface area contributed by atoms with Gasteiger partial charge in [-0.3, -0.25) is 0 Å². The van der Waals surface area contributed by atoms with Gasteiger partial charge in [0.05, 0.1) is 18.5 Å². The molecule has 0 radical (unpaired) electrons. The molecule has 0 bridgehead atoms. The van der Waals surface area contributed by atoms with Crippen molar-refractivity contribution in [1.82, 2.24) is 0 Å². The van der Waals surface area contributed by atoms with Gasteiger partial charge in [0.25, 0.3) is 0 Å². The normalized spacial score (nSPS) is 12.1. The Morgan fingerprint density at radius 3 is 2.50 bits per heavy atom. The van der Waals surface area contributed by atoms with Crippen LogP contribution in [-0.4, -0.2) is 26.2 Å². The van der Waals surface area contributed by atoms with E-state index in [9.17, 15) is 0 Å². The van der Waals surface area contributed by atoms with Crippen LogP contribution in [0.2, 0.25) is 0 Å². The largest absolute Gasteiger partial charge is 0.497 e. The van der Waals surface area contributed by atoms with E-state index in [1.54, 1.807) is 7.11 Å². The number of rotatable bonds is 7. The SMILES string of the molecule is CCNc1cc(OC)ccc1N(CC)C(C)CC. The lowest BCUT2D eigenvalue weighted by Gasteiger charge is -2.31. The minimum Gasteiger partial charge on any atom is -0.497 e. The van der Waals surface area contributed by atoms with Crippen molar-refractivity contribution in [2.75, 3.05) is 30.4 Å². The summed E-state index contributed by atoms with van der Waals surface area (Å²) in [5.41, 5.74) is 2.41. The minimum atomic E-state index is 0.542. The van der Waals surface area contributed by atoms with E-state index < -0.39 is 0 Å². The van der Waals surface area contributed by atoms with E-state index in [1.165, 1.54) is 5.69 Å². The summed E-state index contributed by atoms with van der Waals surface area (Å²) < 4.78 is 5.30. The number of ether oxygens (including phenoxy) is 1. The molecule has 0 heterocycles. The molecule has 1 N–H and O–H groups in total. The van der Waals surface area contributed by atoms with Crippen LogP contribution in [-0.2, 0) is 0 Å². The summed E-state index contributed by atoms with van der Waals surface area (Å²) in [6.07, 6.45) is 1.14. The molecule has 1 aromatic rings. The number of hydrogen-bond donors (Lipinski definition) is 1. The second-order valence-electron chi connectivity index (χ2n) is 4.46. The van der Waals surface area contributed by atoms with Crippen LogP contribution in [0.25, 0.3) is 0 Å². The van der Waals surface area contributed by atoms with Crippen molar-refractivity contribution < 1.29 is 4.74 Å². The Hall–Kier alpha value is -1.38. The Bertz CT molecular complexity index is 366. The van der Waals surface area contributed by atoms with E-state index in [0.717, 1.165) is 30.9 Å². The molecule has 1 unspecified atom stereocenters. The highest BCUT2D eigenvalue weighted by atomic mass is 16.5. The van der Waals surface area contributed by atoms with Gasteiger partial charge < -0.3 is 15.0 Å². The molecule has 1 aromatic carbocycles. The van der Waals surface area contributed by atoms with Crippen molar-refractivity contribution in [3.63, 3.8) is 0 Å². The maximum absolute atomic E-state index is 5.30. The van der Waals surface area contributed by atoms with E-state index in [0.29, 0.717) is 6.04 Å². The van der Waals surface area contributed by atoms with Gasteiger partial charge in [0.15, 0.2) is 0 Å². The summed E-state index contributed by atoms with van der Waals surface area (Å²) in [7, 11) is 1.71. The lowest BCUT2D eigenvalue weighted by atomic mass is 10.1. The first-order valence-corrected chi connectivity index (χ1v) is 6.86. The predicted octanol–water partition coefficient (Wildman–Crippen LogP) is 3.75. The zero-order valence-electron chi connectivity index (χ0n) is 12.3. The van der Waals surface area contributed by atoms with Crippen LogP contribution in [0.5, 0.6) is 5.75 Å². The molecular formula is C15H26N2O. The molecule has 0 spiro atoms. The zero-order valence-corrected chi connectivity index (χ0v) is 12.3. The Morgan fingerprint density at radius 2 is 2.00 bits per heavy atom. The summed E-state index contributed by atoms with van der Waals surface area (Å²) in [5, 5.41) is 3.42. The second-order valence-corrected chi connectivity index (χ2v) is 4.46. The van der Waals surface area contributed by atoms with Gasteiger partial charge in [-0.05, 0) is 39.3 Å². The van der Waals surface area contributed by atoms with Crippen LogP contribution in [0.15, 0.2) is 18.2 Å². The molecule has 0 aliphatic carbocycles. The van der Waals surface area contributed by atoms with Crippen molar-refractivity contribution in [1.29, 1.82) is 0 Å². The number of methoxy groups -OCH3 is 1. The molecule has 18 heavy (non-hydrogen) atoms. The summed E-state index contributed by atoms with van der Waals surface area (Å²) in [6, 6.07) is 6.79. The smallest absolute Gasteiger partial charge is 0.121 e. The predicted molar refractivity (Wildman–Crippen MR) is 79.9 cm³/mol. The molecule has 0 aliphatic heterocycles. The lowest BCUT2D eigenvalue weighted by molar-refractivity contribution is 0.415. The van der Waals surface area contributed by atoms with Crippen LogP contribution in [0.1, 0.15) is 34.1 Å². The Labute approximate surface area is 111 Å². The average Bonchev–Trinajstić information content (AvgIpc) is 2.41. The monoisotopic (exact) mass is 250 g/mol. The van der Waals surface area contributed by atoms with Gasteiger partial charge in [-0.2, -0.15) is 0 Å². The van der Waals surface area contributed by atoms with Crippen molar-refractivity contribution in [3.8, 4) is 5.75 Å². The van der Waals surface area contributed by atoms with E-state index in [-0.39, 0.29) is 0 Å². The summed E-state index contributed by atoms with van der Waals surface area (Å²) in [4.78, 5) is 2.43. The summed E-state index contributed by atoms with van der Waals surface area (Å²) >= 11 is 0. The standard InChI is InChI=1S/C15H26N2O/c1-6-12(4)17(8-3)15-10-9-13(18-5)11-14(15)16-7-2/h9-12,16H,6-8H2,1-5H3. The molecule has 0 saturated carbocycles. The molecule has 1 rings (SSSR count). The number of nitrogens with one attached hydrogen (secondary N) is 1. The summed E-state index contributed by atoms with van der Waals surface area (Å²) in [5.74, 6) is 0.898. The van der Waals surface area contributed by atoms with Crippen molar-refractivity contribution in [2.24, 2.45) is 0 Å². The van der Waals surface area contributed by atoms with Crippen molar-refractivity contribution in [3.05, 3.63) is 18.2 Å². The third-order valence-corrected chi connectivity index (χ3v) is 3.34. The lowest BCUT2D eigenvalue weighted by Crippen LogP contribution is -2.32. The Balaban J connectivity index is 3.11. The van der Waals surface area contributed by atoms with Crippen LogP contribution in [0.4, 0.5) is 11.4 Å². The van der Waals surface area contributed by atoms with Crippen LogP contribution < -0.4 is 15.0 Å². The maximum Gasteiger partial charge on any atom is 0.121 e. The molecule has 0 fully saturated rings. The molecule has 102 valence electrons. The maximum atomic E-state index is 5.30. The van der Waals surface area contributed by atoms with Crippen LogP contribution in [0.3, 0.4) is 0 Å². The van der Waals surface area contributed by atoms with Gasteiger partial charge in [-0.1, -0.05) is 6.92 Å². The van der Waals surface area contributed by atoms with Crippen LogP contribution >= 0.6 is 0 Å². The zero-order chi connectivity index (χ0) is 13.5. The van der Waals surface area contributed by atoms with Gasteiger partial charge in [-0.25, -0.2) is 0 Å². The van der Waals surface area contributed by atoms with E-state index in [4.69, 9.17) is 4.74 Å². The number of anilines is 2. The molecule has 0 saturated heterocycles. The fourth-order valence-electron chi connectivity index (χ4n) is 2.16. The first-order valence-electron chi connectivity index (χ1n) is 6.86. The van der Waals surface area contributed by atoms with Gasteiger partial charge >= 0.3 is 0 Å². The van der Waals surface area contributed by atoms with Gasteiger partial charge in [0.1, 0.15) is 5.75 Å². The highest BCUT2D eigenvalue weighted by molar-refractivity contribution is 5.72. The van der Waals surface area contributed by atoms with E-state index >= 15 is 0 Å². The molecule has 0 aromatic heterocycles. The highest BCUT2D eigenvalue weighted by Crippen LogP contribution is 2.31. The van der Waals surface area contributed by atoms with Gasteiger partial charge in [-0.15, -0.1) is 0 Å². The van der Waals surface area contributed by atoms with E-state index in [1.807, 2.05) is 6.07 Å². The first kappa shape index (κ1) is 14.7. The third kappa shape index (κ3) is 3.31. The van der Waals surface area contributed by atoms with E-state index in [2.05, 4.69) is 50.0 Å². The minimum absolute atomic E-state index is 0.542. The highest BCUT2D eigenvalue weighted by Gasteiger charge is 2.15. The fourth-order valence-corrected chi connectivity index (χ4v) is 2.16. The number of hydrogen-bond acceptors (Lipinski definition) is 3. The summed E-state index contributed by atoms with van der Waals surface area (Å²) in [6.45, 7) is 10.7. The fraction of sp³-hybridized carbons (Fsp3) is 0.600. The van der Waals surface area contributed by atoms with Crippen LogP contribution in [0, 0.1) is 0 Å². The molecule has 3 nitrogen and oxygen atoms in total. The second kappa shape index (κ2) is 7.14. The topological polar surface area (TPSA) is 24.5 Å². The van der Waals surface area contributed by atoms with Gasteiger partial charge in [0, 0.05) is 25.2 Å². The molecule has 0 aliphatic rings. The quantitative estimate of drug-likeness (QED) is 0.797. The Morgan fingerprint density at radius 1 is 1.28 bits per heavy atom. The number of benzene rings is 1. The van der Waals surface area contributed by atoms with Gasteiger partial charge in [0.2, 0.25) is 0 Å². The average molecular weight is 250 g/mol. The Kier molecular flexibility index (Phi) is 5.83. The third-order valence-electron chi connectivity index (χ3n) is 3.34. The first-order chi connectivity index (χ1) is 8.67. The molecule has 3 heteroatoms. The van der Waals surface area contributed by atoms with Crippen molar-refractivity contribution >= 4 is 11.4 Å². The molecular weight excluding hydrogens is 224 g/mol. The van der Waals surface area contributed by atoms with Crippen molar-refractivity contribution in [2.45, 2.75) is 40.2 Å². The number of nitrogens with zero attached hydrogens (tertiary/aromatic N) is 1. The molecule has 0 amide bonds. The molecule has 1 atom stereocenters.